The molecule has 186 valence electrons. The summed E-state index contributed by atoms with van der Waals surface area (Å²) in [6.45, 7) is 0. The van der Waals surface area contributed by atoms with Crippen molar-refractivity contribution < 1.29 is 9.59 Å². The molecule has 0 aromatic heterocycles. The molecule has 0 saturated carbocycles. The van der Waals surface area contributed by atoms with Crippen molar-refractivity contribution in [3.8, 4) is 0 Å². The van der Waals surface area contributed by atoms with E-state index in [9.17, 15) is 9.59 Å². The van der Waals surface area contributed by atoms with E-state index < -0.39 is 0 Å². The Kier molecular flexibility index (Phi) is 6.55. The van der Waals surface area contributed by atoms with Crippen molar-refractivity contribution in [2.75, 3.05) is 4.90 Å². The van der Waals surface area contributed by atoms with E-state index in [1.807, 2.05) is 140 Å². The summed E-state index contributed by atoms with van der Waals surface area (Å²) < 4.78 is 0. The average Bonchev–Trinajstić information content (AvgIpc) is 3.31. The maximum absolute atomic E-state index is 14.7. The number of hydrogen-bond donors (Lipinski definition) is 0. The second-order valence-electron chi connectivity index (χ2n) is 9.24. The third kappa shape index (κ3) is 4.51. The molecule has 1 amide bonds. The predicted molar refractivity (Wildman–Crippen MR) is 157 cm³/mol. The molecule has 3 heteroatoms. The highest BCUT2D eigenvalue weighted by molar-refractivity contribution is 6.36. The minimum Gasteiger partial charge on any atom is -0.289 e. The van der Waals surface area contributed by atoms with Crippen LogP contribution in [0.1, 0.15) is 27.0 Å². The lowest BCUT2D eigenvalue weighted by Crippen LogP contribution is -2.25. The second kappa shape index (κ2) is 10.6. The lowest BCUT2D eigenvalue weighted by atomic mass is 9.86. The first-order valence-corrected chi connectivity index (χ1v) is 12.9. The van der Waals surface area contributed by atoms with Crippen LogP contribution in [0.15, 0.2) is 163 Å². The molecule has 0 saturated heterocycles. The first kappa shape index (κ1) is 24.1. The number of Topliss-reactive ketones (excluding diaryl/α,β-unsaturated/α-hetero) is 1. The van der Waals surface area contributed by atoms with E-state index in [0.717, 1.165) is 22.3 Å². The summed E-state index contributed by atoms with van der Waals surface area (Å²) >= 11 is 0. The zero-order valence-corrected chi connectivity index (χ0v) is 21.2. The van der Waals surface area contributed by atoms with E-state index in [0.29, 0.717) is 28.1 Å². The van der Waals surface area contributed by atoms with Crippen LogP contribution in [-0.4, -0.2) is 11.7 Å². The zero-order chi connectivity index (χ0) is 26.6. The summed E-state index contributed by atoms with van der Waals surface area (Å²) in [4.78, 5) is 30.8. The molecule has 0 N–H and O–H groups in total. The fourth-order valence-corrected chi connectivity index (χ4v) is 5.10. The molecule has 0 atom stereocenters. The van der Waals surface area contributed by atoms with Gasteiger partial charge >= 0.3 is 0 Å². The normalized spacial score (nSPS) is 13.1. The standard InChI is InChI=1S/C36H25NO2/c38-35(29-22-12-4-13-23-29)33-32(31(26-16-6-1-7-17-26)27-18-8-2-9-19-27)36(39)37(30-24-14-5-15-25-30)34(33)28-20-10-3-11-21-28/h1-25H. The number of carbonyl (C=O) groups excluding carboxylic acids is 2. The predicted octanol–water partition coefficient (Wildman–Crippen LogP) is 7.83. The Morgan fingerprint density at radius 2 is 0.897 bits per heavy atom. The number of nitrogens with zero attached hydrogens (tertiary/aromatic N) is 1. The van der Waals surface area contributed by atoms with Crippen molar-refractivity contribution in [3.63, 3.8) is 0 Å². The largest absolute Gasteiger partial charge is 0.289 e. The topological polar surface area (TPSA) is 37.4 Å². The van der Waals surface area contributed by atoms with Gasteiger partial charge < -0.3 is 0 Å². The van der Waals surface area contributed by atoms with Gasteiger partial charge in [0.1, 0.15) is 0 Å². The van der Waals surface area contributed by atoms with Gasteiger partial charge in [0, 0.05) is 16.8 Å². The minimum absolute atomic E-state index is 0.194. The van der Waals surface area contributed by atoms with Crippen LogP contribution >= 0.6 is 0 Å². The van der Waals surface area contributed by atoms with Crippen LogP contribution in [0.2, 0.25) is 0 Å². The average molecular weight is 504 g/mol. The lowest BCUT2D eigenvalue weighted by molar-refractivity contribution is -0.113. The Morgan fingerprint density at radius 3 is 1.38 bits per heavy atom. The minimum atomic E-state index is -0.234. The summed E-state index contributed by atoms with van der Waals surface area (Å²) in [6.07, 6.45) is 0. The van der Waals surface area contributed by atoms with Crippen LogP contribution in [0.3, 0.4) is 0 Å². The number of hydrogen-bond acceptors (Lipinski definition) is 2. The van der Waals surface area contributed by atoms with E-state index in [-0.39, 0.29) is 11.7 Å². The van der Waals surface area contributed by atoms with E-state index in [2.05, 4.69) is 0 Å². The SMILES string of the molecule is O=C(C1=C(c2ccccc2)N(c2ccccc2)C(=O)C1=C(c1ccccc1)c1ccccc1)c1ccccc1. The molecule has 0 aliphatic carbocycles. The summed E-state index contributed by atoms with van der Waals surface area (Å²) in [6, 6.07) is 48.1. The highest BCUT2D eigenvalue weighted by Crippen LogP contribution is 2.45. The first-order chi connectivity index (χ1) is 19.2. The van der Waals surface area contributed by atoms with Gasteiger partial charge in [0.25, 0.3) is 5.91 Å². The molecule has 5 aromatic carbocycles. The highest BCUT2D eigenvalue weighted by atomic mass is 16.2. The van der Waals surface area contributed by atoms with Crippen LogP contribution in [-0.2, 0) is 4.79 Å². The summed E-state index contributed by atoms with van der Waals surface area (Å²) in [5, 5.41) is 0. The molecule has 0 spiro atoms. The number of benzene rings is 5. The Morgan fingerprint density at radius 1 is 0.487 bits per heavy atom. The fraction of sp³-hybridized carbons (Fsp3) is 0. The molecule has 0 radical (unpaired) electrons. The van der Waals surface area contributed by atoms with Crippen LogP contribution in [0, 0.1) is 0 Å². The van der Waals surface area contributed by atoms with Gasteiger partial charge in [0.2, 0.25) is 0 Å². The molecule has 0 fully saturated rings. The van der Waals surface area contributed by atoms with Crippen molar-refractivity contribution in [2.45, 2.75) is 0 Å². The number of rotatable bonds is 6. The van der Waals surface area contributed by atoms with E-state index in [1.54, 1.807) is 17.0 Å². The summed E-state index contributed by atoms with van der Waals surface area (Å²) in [5.74, 6) is -0.428. The van der Waals surface area contributed by atoms with Gasteiger partial charge in [-0.15, -0.1) is 0 Å². The monoisotopic (exact) mass is 503 g/mol. The number of carbonyl (C=O) groups is 2. The maximum Gasteiger partial charge on any atom is 0.264 e. The van der Waals surface area contributed by atoms with E-state index in [4.69, 9.17) is 0 Å². The summed E-state index contributed by atoms with van der Waals surface area (Å²) in [5.41, 5.74) is 5.86. The maximum atomic E-state index is 14.7. The molecule has 1 aliphatic heterocycles. The van der Waals surface area contributed by atoms with Gasteiger partial charge in [-0.1, -0.05) is 140 Å². The summed E-state index contributed by atoms with van der Waals surface area (Å²) in [7, 11) is 0. The Balaban J connectivity index is 1.76. The molecule has 5 aromatic rings. The highest BCUT2D eigenvalue weighted by Gasteiger charge is 2.42. The van der Waals surface area contributed by atoms with Gasteiger partial charge in [-0.3, -0.25) is 14.5 Å². The molecule has 39 heavy (non-hydrogen) atoms. The third-order valence-corrected chi connectivity index (χ3v) is 6.83. The number of para-hydroxylation sites is 1. The quantitative estimate of drug-likeness (QED) is 0.175. The van der Waals surface area contributed by atoms with Crippen LogP contribution < -0.4 is 4.90 Å². The number of amides is 1. The van der Waals surface area contributed by atoms with Gasteiger partial charge in [0.15, 0.2) is 5.78 Å². The molecule has 1 heterocycles. The van der Waals surface area contributed by atoms with Crippen molar-refractivity contribution >= 4 is 28.6 Å². The Hall–Kier alpha value is -5.28. The van der Waals surface area contributed by atoms with Crippen molar-refractivity contribution in [2.24, 2.45) is 0 Å². The smallest absolute Gasteiger partial charge is 0.264 e. The van der Waals surface area contributed by atoms with Crippen LogP contribution in [0.5, 0.6) is 0 Å². The first-order valence-electron chi connectivity index (χ1n) is 12.9. The fourth-order valence-electron chi connectivity index (χ4n) is 5.10. The van der Waals surface area contributed by atoms with Gasteiger partial charge in [-0.25, -0.2) is 0 Å². The van der Waals surface area contributed by atoms with Gasteiger partial charge in [-0.2, -0.15) is 0 Å². The molecule has 0 unspecified atom stereocenters. The number of ketones is 1. The van der Waals surface area contributed by atoms with Crippen molar-refractivity contribution in [3.05, 3.63) is 185 Å². The van der Waals surface area contributed by atoms with Crippen molar-refractivity contribution in [1.29, 1.82) is 0 Å². The molecule has 6 rings (SSSR count). The van der Waals surface area contributed by atoms with Crippen molar-refractivity contribution in [1.82, 2.24) is 0 Å². The molecule has 1 aliphatic rings. The molecule has 3 nitrogen and oxygen atoms in total. The zero-order valence-electron chi connectivity index (χ0n) is 21.2. The number of anilines is 1. The lowest BCUT2D eigenvalue weighted by Gasteiger charge is -2.21. The van der Waals surface area contributed by atoms with Gasteiger partial charge in [-0.05, 0) is 28.8 Å². The van der Waals surface area contributed by atoms with Crippen LogP contribution in [0.4, 0.5) is 5.69 Å². The second-order valence-corrected chi connectivity index (χ2v) is 9.24. The van der Waals surface area contributed by atoms with E-state index in [1.165, 1.54) is 0 Å². The van der Waals surface area contributed by atoms with Crippen LogP contribution in [0.25, 0.3) is 11.3 Å². The third-order valence-electron chi connectivity index (χ3n) is 6.83. The molecular formula is C36H25NO2. The Bertz CT molecular complexity index is 1650. The molecule has 0 bridgehead atoms. The molecular weight excluding hydrogens is 478 g/mol. The van der Waals surface area contributed by atoms with Gasteiger partial charge in [0.05, 0.1) is 16.8 Å². The van der Waals surface area contributed by atoms with E-state index >= 15 is 0 Å². The Labute approximate surface area is 228 Å².